The Labute approximate surface area is 153 Å². The molecule has 2 aliphatic heterocycles. The Hall–Kier alpha value is -2.59. The summed E-state index contributed by atoms with van der Waals surface area (Å²) in [6.07, 6.45) is 1.14. The lowest BCUT2D eigenvalue weighted by molar-refractivity contribution is -0.0932. The number of halogens is 3. The predicted molar refractivity (Wildman–Crippen MR) is 92.0 cm³/mol. The lowest BCUT2D eigenvalue weighted by atomic mass is 9.99. The SMILES string of the molecule is O=S(=O)(NN1N=CC2=COc3ccccc3C21)C1C=CCC(C(F)(F)F)=C1. The molecule has 1 N–H and O–H groups in total. The number of allylic oxidation sites excluding steroid dienone is 2. The Balaban J connectivity index is 1.60. The van der Waals surface area contributed by atoms with E-state index in [2.05, 4.69) is 9.93 Å². The first kappa shape index (κ1) is 17.8. The number of rotatable bonds is 3. The molecule has 0 saturated heterocycles. The number of nitrogens with zero attached hydrogens (tertiary/aromatic N) is 2. The summed E-state index contributed by atoms with van der Waals surface area (Å²) in [5.74, 6) is 0.553. The molecule has 2 unspecified atom stereocenters. The van der Waals surface area contributed by atoms with Crippen molar-refractivity contribution in [3.63, 3.8) is 0 Å². The summed E-state index contributed by atoms with van der Waals surface area (Å²) in [4.78, 5) is 2.29. The molecule has 0 aromatic heterocycles. The molecule has 1 aliphatic carbocycles. The third-order valence-corrected chi connectivity index (χ3v) is 5.85. The molecular formula is C17H14F3N3O3S. The predicted octanol–water partition coefficient (Wildman–Crippen LogP) is 2.96. The first-order valence-corrected chi connectivity index (χ1v) is 9.55. The van der Waals surface area contributed by atoms with E-state index in [0.29, 0.717) is 16.9 Å². The maximum atomic E-state index is 12.9. The summed E-state index contributed by atoms with van der Waals surface area (Å²) < 4.78 is 69.6. The van der Waals surface area contributed by atoms with Crippen LogP contribution in [0.5, 0.6) is 5.75 Å². The maximum absolute atomic E-state index is 12.9. The molecule has 0 fully saturated rings. The van der Waals surface area contributed by atoms with Gasteiger partial charge in [-0.25, -0.2) is 13.5 Å². The first-order chi connectivity index (χ1) is 12.8. The van der Waals surface area contributed by atoms with Crippen molar-refractivity contribution in [3.8, 4) is 5.75 Å². The Morgan fingerprint density at radius 1 is 1.26 bits per heavy atom. The zero-order chi connectivity index (χ0) is 19.2. The normalized spacial score (nSPS) is 24.0. The molecule has 4 rings (SSSR count). The van der Waals surface area contributed by atoms with E-state index < -0.39 is 33.1 Å². The molecule has 2 heterocycles. The van der Waals surface area contributed by atoms with Gasteiger partial charge in [-0.15, -0.1) is 4.83 Å². The fourth-order valence-electron chi connectivity index (χ4n) is 3.08. The highest BCUT2D eigenvalue weighted by atomic mass is 32.2. The Morgan fingerprint density at radius 2 is 2.04 bits per heavy atom. The van der Waals surface area contributed by atoms with Crippen LogP contribution in [0.3, 0.4) is 0 Å². The number of hydrogen-bond acceptors (Lipinski definition) is 5. The average Bonchev–Trinajstić information content (AvgIpc) is 3.04. The Morgan fingerprint density at radius 3 is 2.81 bits per heavy atom. The Kier molecular flexibility index (Phi) is 4.11. The van der Waals surface area contributed by atoms with Crippen LogP contribution in [0.1, 0.15) is 18.0 Å². The number of fused-ring (bicyclic) bond motifs is 3. The van der Waals surface area contributed by atoms with Crippen molar-refractivity contribution in [2.24, 2.45) is 5.10 Å². The fourth-order valence-corrected chi connectivity index (χ4v) is 4.28. The first-order valence-electron chi connectivity index (χ1n) is 8.00. The number of ether oxygens (including phenoxy) is 1. The summed E-state index contributed by atoms with van der Waals surface area (Å²) >= 11 is 0. The van der Waals surface area contributed by atoms with E-state index in [1.165, 1.54) is 24.6 Å². The second-order valence-corrected chi connectivity index (χ2v) is 8.00. The minimum Gasteiger partial charge on any atom is -0.464 e. The Bertz CT molecular complexity index is 996. The zero-order valence-electron chi connectivity index (χ0n) is 13.7. The van der Waals surface area contributed by atoms with Crippen LogP contribution in [0.25, 0.3) is 0 Å². The van der Waals surface area contributed by atoms with Gasteiger partial charge < -0.3 is 4.74 Å². The van der Waals surface area contributed by atoms with Crippen LogP contribution in [-0.4, -0.2) is 31.2 Å². The summed E-state index contributed by atoms with van der Waals surface area (Å²) in [5, 5.41) is 3.70. The second kappa shape index (κ2) is 6.24. The molecule has 6 nitrogen and oxygen atoms in total. The molecule has 3 aliphatic rings. The van der Waals surface area contributed by atoms with Crippen molar-refractivity contribution in [1.29, 1.82) is 0 Å². The van der Waals surface area contributed by atoms with Gasteiger partial charge in [-0.2, -0.15) is 18.3 Å². The topological polar surface area (TPSA) is 71.0 Å². The molecule has 10 heteroatoms. The molecule has 0 amide bonds. The van der Waals surface area contributed by atoms with Gasteiger partial charge in [0.2, 0.25) is 10.0 Å². The molecule has 2 atom stereocenters. The van der Waals surface area contributed by atoms with Crippen LogP contribution >= 0.6 is 0 Å². The van der Waals surface area contributed by atoms with Gasteiger partial charge in [0.05, 0.1) is 12.5 Å². The number of alkyl halides is 3. The van der Waals surface area contributed by atoms with Gasteiger partial charge in [-0.1, -0.05) is 36.4 Å². The van der Waals surface area contributed by atoms with Crippen LogP contribution in [-0.2, 0) is 10.0 Å². The number of para-hydroxylation sites is 1. The number of hydrogen-bond donors (Lipinski definition) is 1. The highest BCUT2D eigenvalue weighted by molar-refractivity contribution is 7.90. The second-order valence-electron chi connectivity index (χ2n) is 6.19. The van der Waals surface area contributed by atoms with E-state index in [9.17, 15) is 21.6 Å². The van der Waals surface area contributed by atoms with Crippen LogP contribution in [0.15, 0.2) is 65.0 Å². The highest BCUT2D eigenvalue weighted by Crippen LogP contribution is 2.40. The lowest BCUT2D eigenvalue weighted by Gasteiger charge is -2.29. The van der Waals surface area contributed by atoms with E-state index in [1.54, 1.807) is 24.3 Å². The highest BCUT2D eigenvalue weighted by Gasteiger charge is 2.39. The van der Waals surface area contributed by atoms with Gasteiger partial charge in [-0.3, -0.25) is 0 Å². The maximum Gasteiger partial charge on any atom is 0.412 e. The largest absolute Gasteiger partial charge is 0.464 e. The molecule has 0 saturated carbocycles. The molecule has 1 aromatic rings. The van der Waals surface area contributed by atoms with Crippen molar-refractivity contribution in [2.75, 3.05) is 0 Å². The minimum atomic E-state index is -4.57. The monoisotopic (exact) mass is 397 g/mol. The molecular weight excluding hydrogens is 383 g/mol. The molecule has 0 radical (unpaired) electrons. The third-order valence-electron chi connectivity index (χ3n) is 4.40. The van der Waals surface area contributed by atoms with Crippen molar-refractivity contribution >= 4 is 16.2 Å². The number of nitrogens with one attached hydrogen (secondary N) is 1. The minimum absolute atomic E-state index is 0.350. The molecule has 27 heavy (non-hydrogen) atoms. The van der Waals surface area contributed by atoms with Crippen molar-refractivity contribution in [1.82, 2.24) is 9.95 Å². The van der Waals surface area contributed by atoms with E-state index >= 15 is 0 Å². The average molecular weight is 397 g/mol. The summed E-state index contributed by atoms with van der Waals surface area (Å²) in [6.45, 7) is 0. The molecule has 0 bridgehead atoms. The van der Waals surface area contributed by atoms with Crippen molar-refractivity contribution < 1.29 is 26.3 Å². The van der Waals surface area contributed by atoms with Gasteiger partial charge in [-0.05, 0) is 12.5 Å². The third kappa shape index (κ3) is 3.26. The van der Waals surface area contributed by atoms with Crippen LogP contribution in [0, 0.1) is 0 Å². The quantitative estimate of drug-likeness (QED) is 0.797. The zero-order valence-corrected chi connectivity index (χ0v) is 14.5. The van der Waals surface area contributed by atoms with E-state index in [-0.39, 0.29) is 6.42 Å². The number of hydrazone groups is 1. The van der Waals surface area contributed by atoms with Crippen LogP contribution in [0.2, 0.25) is 0 Å². The number of benzene rings is 1. The van der Waals surface area contributed by atoms with Crippen molar-refractivity contribution in [2.45, 2.75) is 23.9 Å². The number of sulfonamides is 1. The van der Waals surface area contributed by atoms with Gasteiger partial charge >= 0.3 is 6.18 Å². The van der Waals surface area contributed by atoms with Gasteiger partial charge in [0, 0.05) is 16.7 Å². The van der Waals surface area contributed by atoms with E-state index in [1.807, 2.05) is 0 Å². The molecule has 1 aromatic carbocycles. The summed E-state index contributed by atoms with van der Waals surface area (Å²) in [7, 11) is -4.18. The molecule has 0 spiro atoms. The van der Waals surface area contributed by atoms with E-state index in [4.69, 9.17) is 4.74 Å². The smallest absolute Gasteiger partial charge is 0.412 e. The molecule has 142 valence electrons. The van der Waals surface area contributed by atoms with Crippen LogP contribution < -0.4 is 9.57 Å². The van der Waals surface area contributed by atoms with Gasteiger partial charge in [0.25, 0.3) is 0 Å². The van der Waals surface area contributed by atoms with Crippen LogP contribution in [0.4, 0.5) is 13.2 Å². The van der Waals surface area contributed by atoms with Gasteiger partial charge in [0.15, 0.2) is 0 Å². The standard InChI is InChI=1S/C17H14F3N3O3S/c18-17(19,20)12-4-3-5-13(8-12)27(24,25)22-23-16-11(9-21-23)10-26-15-7-2-1-6-14(15)16/h1-3,5-10,13,16,22H,4H2. The summed E-state index contributed by atoms with van der Waals surface area (Å²) in [6, 6.07) is 6.50. The van der Waals surface area contributed by atoms with E-state index in [0.717, 1.165) is 11.2 Å². The fraction of sp³-hybridized carbons (Fsp3) is 0.235. The van der Waals surface area contributed by atoms with Crippen molar-refractivity contribution in [3.05, 3.63) is 65.5 Å². The number of hydrazine groups is 1. The van der Waals surface area contributed by atoms with Gasteiger partial charge in [0.1, 0.15) is 17.0 Å². The lowest BCUT2D eigenvalue weighted by Crippen LogP contribution is -2.44. The summed E-state index contributed by atoms with van der Waals surface area (Å²) in [5.41, 5.74) is 0.435.